The van der Waals surface area contributed by atoms with Crippen LogP contribution in [0.1, 0.15) is 17.2 Å². The lowest BCUT2D eigenvalue weighted by molar-refractivity contribution is 0.0389. The van der Waals surface area contributed by atoms with Crippen LogP contribution in [0, 0.1) is 6.92 Å². The molecule has 1 aromatic heterocycles. The minimum atomic E-state index is 0.467. The lowest BCUT2D eigenvalue weighted by Crippen LogP contribution is -2.45. The van der Waals surface area contributed by atoms with E-state index in [1.165, 1.54) is 5.56 Å². The molecule has 30 heavy (non-hydrogen) atoms. The van der Waals surface area contributed by atoms with Crippen molar-refractivity contribution in [2.24, 2.45) is 12.0 Å². The Labute approximate surface area is 178 Å². The minimum Gasteiger partial charge on any atom is -0.379 e. The first-order valence-corrected chi connectivity index (χ1v) is 10.5. The molecule has 1 aliphatic rings. The van der Waals surface area contributed by atoms with Crippen molar-refractivity contribution < 1.29 is 9.47 Å². The van der Waals surface area contributed by atoms with Gasteiger partial charge in [0.05, 0.1) is 26.4 Å². The van der Waals surface area contributed by atoms with Gasteiger partial charge in [-0.3, -0.25) is 4.90 Å². The summed E-state index contributed by atoms with van der Waals surface area (Å²) in [5.41, 5.74) is 1.17. The molecule has 164 valence electrons. The Balaban J connectivity index is 1.45. The number of aliphatic imine (C=N–C) groups is 1. The fraction of sp³-hybridized carbons (Fsp3) is 0.571. The summed E-state index contributed by atoms with van der Waals surface area (Å²) in [6.07, 6.45) is 0. The highest BCUT2D eigenvalue weighted by molar-refractivity contribution is 5.79. The van der Waals surface area contributed by atoms with Gasteiger partial charge in [0.1, 0.15) is 12.4 Å². The molecule has 2 N–H and O–H groups in total. The Hall–Kier alpha value is -2.49. The number of hydrogen-bond donors (Lipinski definition) is 2. The maximum Gasteiger partial charge on any atom is 0.191 e. The molecule has 1 aromatic carbocycles. The quantitative estimate of drug-likeness (QED) is 0.336. The van der Waals surface area contributed by atoms with Gasteiger partial charge in [-0.05, 0) is 12.5 Å². The topological polar surface area (TPSA) is 88.8 Å². The summed E-state index contributed by atoms with van der Waals surface area (Å²) in [5.74, 6) is 2.47. The molecular formula is C21H33N7O2. The molecule has 0 unspecified atom stereocenters. The Morgan fingerprint density at radius 2 is 1.90 bits per heavy atom. The third-order valence-electron chi connectivity index (χ3n) is 5.04. The highest BCUT2D eigenvalue weighted by Crippen LogP contribution is 2.01. The molecular weight excluding hydrogens is 382 g/mol. The van der Waals surface area contributed by atoms with Gasteiger partial charge in [-0.1, -0.05) is 30.3 Å². The second kappa shape index (κ2) is 12.3. The van der Waals surface area contributed by atoms with Crippen molar-refractivity contribution in [3.63, 3.8) is 0 Å². The lowest BCUT2D eigenvalue weighted by atomic mass is 10.2. The number of nitrogens with zero attached hydrogens (tertiary/aromatic N) is 5. The van der Waals surface area contributed by atoms with Crippen LogP contribution in [0.3, 0.4) is 0 Å². The standard InChI is InChI=1S/C21H33N7O2/c1-18-25-26-20(27(18)2)16-24-21(22-8-10-28-11-14-29-15-12-28)23-9-13-30-17-19-6-4-3-5-7-19/h3-7H,8-17H2,1-2H3,(H2,22,23,24). The van der Waals surface area contributed by atoms with Crippen molar-refractivity contribution in [3.8, 4) is 0 Å². The fourth-order valence-corrected chi connectivity index (χ4v) is 3.08. The SMILES string of the molecule is Cc1nnc(CN=C(NCCOCc2ccccc2)NCCN2CCOCC2)n1C. The molecule has 0 saturated carbocycles. The van der Waals surface area contributed by atoms with Gasteiger partial charge in [-0.25, -0.2) is 4.99 Å². The van der Waals surface area contributed by atoms with Crippen molar-refractivity contribution in [2.75, 3.05) is 52.5 Å². The summed E-state index contributed by atoms with van der Waals surface area (Å²) >= 11 is 0. The smallest absolute Gasteiger partial charge is 0.191 e. The molecule has 9 nitrogen and oxygen atoms in total. The normalized spacial score (nSPS) is 15.3. The Bertz CT molecular complexity index is 773. The average molecular weight is 416 g/mol. The van der Waals surface area contributed by atoms with Gasteiger partial charge in [-0.2, -0.15) is 0 Å². The highest BCUT2D eigenvalue weighted by atomic mass is 16.5. The number of nitrogens with one attached hydrogen (secondary N) is 2. The van der Waals surface area contributed by atoms with E-state index in [0.29, 0.717) is 26.3 Å². The molecule has 0 atom stereocenters. The zero-order valence-corrected chi connectivity index (χ0v) is 18.0. The fourth-order valence-electron chi connectivity index (χ4n) is 3.08. The highest BCUT2D eigenvalue weighted by Gasteiger charge is 2.10. The molecule has 3 rings (SSSR count). The van der Waals surface area contributed by atoms with Crippen LogP contribution in [0.5, 0.6) is 0 Å². The van der Waals surface area contributed by atoms with Crippen molar-refractivity contribution in [2.45, 2.75) is 20.1 Å². The van der Waals surface area contributed by atoms with Crippen molar-refractivity contribution in [1.82, 2.24) is 30.3 Å². The molecule has 2 aromatic rings. The largest absolute Gasteiger partial charge is 0.379 e. The van der Waals surface area contributed by atoms with Crippen molar-refractivity contribution >= 4 is 5.96 Å². The first kappa shape index (κ1) is 22.2. The van der Waals surface area contributed by atoms with Crippen LogP contribution in [0.25, 0.3) is 0 Å². The molecule has 9 heteroatoms. The Morgan fingerprint density at radius 3 is 2.63 bits per heavy atom. The molecule has 0 bridgehead atoms. The van der Waals surface area contributed by atoms with Crippen LogP contribution < -0.4 is 10.6 Å². The van der Waals surface area contributed by atoms with E-state index in [1.54, 1.807) is 0 Å². The van der Waals surface area contributed by atoms with Crippen molar-refractivity contribution in [1.29, 1.82) is 0 Å². The molecule has 1 saturated heterocycles. The second-order valence-electron chi connectivity index (χ2n) is 7.23. The van der Waals surface area contributed by atoms with Gasteiger partial charge in [0.25, 0.3) is 0 Å². The molecule has 1 fully saturated rings. The van der Waals surface area contributed by atoms with E-state index in [-0.39, 0.29) is 0 Å². The minimum absolute atomic E-state index is 0.467. The van der Waals surface area contributed by atoms with Crippen LogP contribution in [0.4, 0.5) is 0 Å². The van der Waals surface area contributed by atoms with Gasteiger partial charge in [0.15, 0.2) is 11.8 Å². The van der Waals surface area contributed by atoms with E-state index in [0.717, 1.165) is 57.0 Å². The van der Waals surface area contributed by atoms with E-state index in [1.807, 2.05) is 36.7 Å². The van der Waals surface area contributed by atoms with Crippen molar-refractivity contribution in [3.05, 3.63) is 47.5 Å². The second-order valence-corrected chi connectivity index (χ2v) is 7.23. The van der Waals surface area contributed by atoms with E-state index in [2.05, 4.69) is 42.9 Å². The van der Waals surface area contributed by atoms with Gasteiger partial charge in [-0.15, -0.1) is 10.2 Å². The third kappa shape index (κ3) is 7.40. The van der Waals surface area contributed by atoms with Crippen LogP contribution in [0.15, 0.2) is 35.3 Å². The number of ether oxygens (including phenoxy) is 2. The van der Waals surface area contributed by atoms with Gasteiger partial charge >= 0.3 is 0 Å². The summed E-state index contributed by atoms with van der Waals surface area (Å²) in [5, 5.41) is 15.1. The first-order valence-electron chi connectivity index (χ1n) is 10.5. The summed E-state index contributed by atoms with van der Waals surface area (Å²) in [6, 6.07) is 10.2. The predicted molar refractivity (Wildman–Crippen MR) is 116 cm³/mol. The monoisotopic (exact) mass is 415 g/mol. The van der Waals surface area contributed by atoms with Gasteiger partial charge < -0.3 is 24.7 Å². The molecule has 1 aliphatic heterocycles. The maximum atomic E-state index is 5.76. The molecule has 0 spiro atoms. The molecule has 0 aliphatic carbocycles. The molecule has 2 heterocycles. The van der Waals surface area contributed by atoms with Gasteiger partial charge in [0.2, 0.25) is 0 Å². The summed E-state index contributed by atoms with van der Waals surface area (Å²) in [6.45, 7) is 9.63. The number of guanidine groups is 1. The van der Waals surface area contributed by atoms with Crippen LogP contribution in [0.2, 0.25) is 0 Å². The number of benzene rings is 1. The third-order valence-corrected chi connectivity index (χ3v) is 5.04. The number of hydrogen-bond acceptors (Lipinski definition) is 6. The number of aromatic nitrogens is 3. The first-order chi connectivity index (χ1) is 14.7. The number of rotatable bonds is 10. The predicted octanol–water partition coefficient (Wildman–Crippen LogP) is 0.708. The maximum absolute atomic E-state index is 5.76. The summed E-state index contributed by atoms with van der Waals surface area (Å²) in [4.78, 5) is 7.07. The van der Waals surface area contributed by atoms with E-state index >= 15 is 0 Å². The number of morpholine rings is 1. The number of aryl methyl sites for hydroxylation is 1. The summed E-state index contributed by atoms with van der Waals surface area (Å²) in [7, 11) is 1.95. The zero-order valence-electron chi connectivity index (χ0n) is 18.0. The van der Waals surface area contributed by atoms with E-state index in [4.69, 9.17) is 9.47 Å². The Morgan fingerprint density at radius 1 is 1.13 bits per heavy atom. The van der Waals surface area contributed by atoms with Gasteiger partial charge in [0, 0.05) is 39.8 Å². The van der Waals surface area contributed by atoms with E-state index < -0.39 is 0 Å². The average Bonchev–Trinajstić information content (AvgIpc) is 3.10. The molecule has 0 radical (unpaired) electrons. The van der Waals surface area contributed by atoms with Crippen LogP contribution in [-0.2, 0) is 29.7 Å². The molecule has 0 amide bonds. The van der Waals surface area contributed by atoms with Crippen LogP contribution >= 0.6 is 0 Å². The summed E-state index contributed by atoms with van der Waals surface area (Å²) < 4.78 is 13.1. The van der Waals surface area contributed by atoms with Crippen LogP contribution in [-0.4, -0.2) is 78.2 Å². The van der Waals surface area contributed by atoms with E-state index in [9.17, 15) is 0 Å². The lowest BCUT2D eigenvalue weighted by Gasteiger charge is -2.26. The Kier molecular flexibility index (Phi) is 9.07. The zero-order chi connectivity index (χ0) is 21.0.